The molecule has 2 aromatic heterocycles. The number of aromatic nitrogens is 3. The van der Waals surface area contributed by atoms with E-state index in [1.807, 2.05) is 9.80 Å². The number of unbranched alkanes of at least 4 members (excludes halogenated alkanes) is 12. The van der Waals surface area contributed by atoms with E-state index in [1.165, 1.54) is 50.1 Å². The number of terminal acetylenes is 1. The van der Waals surface area contributed by atoms with Crippen molar-refractivity contribution in [3.63, 3.8) is 0 Å². The van der Waals surface area contributed by atoms with Crippen LogP contribution in [0, 0.1) is 24.0 Å². The van der Waals surface area contributed by atoms with Crippen LogP contribution < -0.4 is 14.4 Å². The second-order valence-electron chi connectivity index (χ2n) is 20.2. The van der Waals surface area contributed by atoms with Gasteiger partial charge in [0.05, 0.1) is 28.6 Å². The summed E-state index contributed by atoms with van der Waals surface area (Å²) in [7, 11) is 0. The Bertz CT molecular complexity index is 2700. The molecule has 13 nitrogen and oxygen atoms in total. The molecule has 2 aromatic carbocycles. The molecule has 4 aliphatic rings. The van der Waals surface area contributed by atoms with Gasteiger partial charge >= 0.3 is 24.0 Å². The first kappa shape index (κ1) is 53.3. The number of hydrogen-bond donors (Lipinski definition) is 0. The number of ether oxygens (including phenoxy) is 4. The van der Waals surface area contributed by atoms with Crippen LogP contribution in [-0.2, 0) is 19.1 Å². The number of fused-ring (bicyclic) bond motifs is 5. The van der Waals surface area contributed by atoms with Crippen molar-refractivity contribution in [3.05, 3.63) is 59.3 Å². The lowest BCUT2D eigenvalue weighted by Crippen LogP contribution is -2.56. The van der Waals surface area contributed by atoms with Crippen molar-refractivity contribution >= 4 is 45.5 Å². The van der Waals surface area contributed by atoms with Crippen LogP contribution >= 0.6 is 0 Å². The molecule has 0 aliphatic carbocycles. The number of carbonyl (C=O) groups is 3. The van der Waals surface area contributed by atoms with Gasteiger partial charge in [0.15, 0.2) is 5.82 Å². The lowest BCUT2D eigenvalue weighted by molar-refractivity contribution is -0.152. The van der Waals surface area contributed by atoms with Crippen molar-refractivity contribution in [3.8, 4) is 35.4 Å². The quantitative estimate of drug-likeness (QED) is 0.0165. The third kappa shape index (κ3) is 12.5. The van der Waals surface area contributed by atoms with Crippen molar-refractivity contribution in [2.75, 3.05) is 44.5 Å². The summed E-state index contributed by atoms with van der Waals surface area (Å²) in [6.45, 7) is 5.07. The van der Waals surface area contributed by atoms with Crippen LogP contribution in [0.1, 0.15) is 154 Å². The summed E-state index contributed by atoms with van der Waals surface area (Å²) in [5.41, 5.74) is -1.18. The number of esters is 2. The van der Waals surface area contributed by atoms with Gasteiger partial charge in [-0.15, -0.1) is 6.42 Å². The summed E-state index contributed by atoms with van der Waals surface area (Å²) >= 11 is 0. The SMILES string of the molecule is C#Cc1c(F)ccc2cc(OC(=O)CCCCCCCCC)cc(-c3ncc4c(N5CC6CCC(C5)N6C(=O)OCOC(=O)CCCCCCCCC)nc(OC[C@]56CCCN5CC(=C(F)F)C6)nc4c3F)c12. The standard InChI is InChI=1S/C56H68F4N6O7/c1-4-7-9-11-13-15-17-20-46(67)71-36-72-55(69)66-39-23-24-40(66)34-64(33-39)53-44-31-61-50(49(58)51(44)62-54(63-53)70-35-56-26-19-27-65(56)32-38(30-56)52(59)60)43-29-41(28-37-22-25-45(57)42(6-3)48(37)43)73-47(68)21-18-16-14-12-10-8-5-2/h3,22,25,28-29,31,39-40H,4-5,7-21,23-24,26-27,30,32-36H2,1-2H3/t39?,40?,56-/m1/s1. The van der Waals surface area contributed by atoms with Gasteiger partial charge in [-0.25, -0.2) is 13.6 Å². The fourth-order valence-electron chi connectivity index (χ4n) is 11.3. The van der Waals surface area contributed by atoms with E-state index in [0.29, 0.717) is 44.0 Å². The summed E-state index contributed by atoms with van der Waals surface area (Å²) in [5, 5.41) is 0.787. The van der Waals surface area contributed by atoms with E-state index >= 15 is 8.78 Å². The molecule has 0 saturated carbocycles. The van der Waals surface area contributed by atoms with Gasteiger partial charge in [0.25, 0.3) is 6.08 Å². The van der Waals surface area contributed by atoms with E-state index in [9.17, 15) is 23.2 Å². The number of benzene rings is 2. The lowest BCUT2D eigenvalue weighted by Gasteiger charge is -2.41. The number of pyridine rings is 1. The topological polar surface area (TPSA) is 137 Å². The molecule has 4 fully saturated rings. The van der Waals surface area contributed by atoms with E-state index in [0.717, 1.165) is 57.8 Å². The number of carbonyl (C=O) groups excluding carboxylic acids is 3. The molecule has 4 aromatic rings. The zero-order valence-electron chi connectivity index (χ0n) is 42.3. The van der Waals surface area contributed by atoms with Crippen molar-refractivity contribution in [1.29, 1.82) is 0 Å². The molecular formula is C56H68F4N6O7. The number of anilines is 1. The van der Waals surface area contributed by atoms with Gasteiger partial charge in [-0.2, -0.15) is 18.7 Å². The second-order valence-corrected chi connectivity index (χ2v) is 20.2. The van der Waals surface area contributed by atoms with Crippen LogP contribution in [0.2, 0.25) is 0 Å². The monoisotopic (exact) mass is 1010 g/mol. The highest BCUT2D eigenvalue weighted by Gasteiger charge is 2.49. The highest BCUT2D eigenvalue weighted by atomic mass is 19.3. The van der Waals surface area contributed by atoms with E-state index in [1.54, 1.807) is 11.0 Å². The first-order valence-electron chi connectivity index (χ1n) is 26.5. The molecule has 2 unspecified atom stereocenters. The smallest absolute Gasteiger partial charge is 0.413 e. The minimum absolute atomic E-state index is 0.0372. The van der Waals surface area contributed by atoms with Gasteiger partial charge in [0.2, 0.25) is 6.79 Å². The second kappa shape index (κ2) is 24.8. The Balaban J connectivity index is 1.07. The Hall–Kier alpha value is -6.02. The maximum Gasteiger partial charge on any atom is 0.413 e. The predicted molar refractivity (Wildman–Crippen MR) is 270 cm³/mol. The molecule has 6 heterocycles. The van der Waals surface area contributed by atoms with E-state index in [-0.39, 0.29) is 114 Å². The minimum atomic E-state index is -1.70. The average Bonchev–Trinajstić information content (AvgIpc) is 4.03. The van der Waals surface area contributed by atoms with Crippen molar-refractivity contribution in [2.45, 2.75) is 166 Å². The summed E-state index contributed by atoms with van der Waals surface area (Å²) in [5.74, 6) is 0.269. The number of hydrogen-bond acceptors (Lipinski definition) is 12. The average molecular weight is 1010 g/mol. The van der Waals surface area contributed by atoms with Crippen LogP contribution in [0.15, 0.2) is 42.1 Å². The third-order valence-corrected chi connectivity index (χ3v) is 15.1. The minimum Gasteiger partial charge on any atom is -0.461 e. The molecule has 4 saturated heterocycles. The van der Waals surface area contributed by atoms with Crippen molar-refractivity contribution in [2.24, 2.45) is 0 Å². The van der Waals surface area contributed by atoms with Gasteiger partial charge in [0.1, 0.15) is 35.2 Å². The zero-order chi connectivity index (χ0) is 51.5. The fraction of sp³-hybridized carbons (Fsp3) is 0.571. The maximum absolute atomic E-state index is 17.7. The molecule has 4 aliphatic heterocycles. The molecule has 73 heavy (non-hydrogen) atoms. The van der Waals surface area contributed by atoms with Crippen LogP contribution in [-0.4, -0.2) is 100.0 Å². The number of amides is 1. The lowest BCUT2D eigenvalue weighted by atomic mass is 9.94. The first-order valence-corrected chi connectivity index (χ1v) is 26.5. The molecule has 17 heteroatoms. The van der Waals surface area contributed by atoms with E-state index in [2.05, 4.69) is 29.7 Å². The molecule has 0 spiro atoms. The van der Waals surface area contributed by atoms with Gasteiger partial charge in [-0.05, 0) is 75.1 Å². The van der Waals surface area contributed by atoms with Gasteiger partial charge in [-0.1, -0.05) is 103 Å². The number of nitrogens with zero attached hydrogens (tertiary/aromatic N) is 6. The molecule has 0 N–H and O–H groups in total. The zero-order valence-corrected chi connectivity index (χ0v) is 42.3. The Labute approximate surface area is 425 Å². The Morgan fingerprint density at radius 3 is 2.19 bits per heavy atom. The molecule has 0 radical (unpaired) electrons. The van der Waals surface area contributed by atoms with Gasteiger partial charge < -0.3 is 23.8 Å². The van der Waals surface area contributed by atoms with Crippen LogP contribution in [0.25, 0.3) is 32.9 Å². The fourth-order valence-corrected chi connectivity index (χ4v) is 11.3. The summed E-state index contributed by atoms with van der Waals surface area (Å²) in [4.78, 5) is 58.8. The summed E-state index contributed by atoms with van der Waals surface area (Å²) < 4.78 is 84.0. The summed E-state index contributed by atoms with van der Waals surface area (Å²) in [6, 6.07) is 4.79. The maximum atomic E-state index is 17.7. The molecule has 8 rings (SSSR count). The highest BCUT2D eigenvalue weighted by molar-refractivity contribution is 6.03. The van der Waals surface area contributed by atoms with Crippen LogP contribution in [0.4, 0.5) is 28.2 Å². The van der Waals surface area contributed by atoms with E-state index in [4.69, 9.17) is 30.4 Å². The molecular weight excluding hydrogens is 945 g/mol. The van der Waals surface area contributed by atoms with Crippen LogP contribution in [0.3, 0.4) is 0 Å². The molecule has 3 atom stereocenters. The molecule has 1 amide bonds. The number of halogens is 4. The van der Waals surface area contributed by atoms with E-state index < -0.39 is 48.1 Å². The van der Waals surface area contributed by atoms with Crippen LogP contribution in [0.5, 0.6) is 11.8 Å². The predicted octanol–water partition coefficient (Wildman–Crippen LogP) is 12.3. The Morgan fingerprint density at radius 1 is 0.849 bits per heavy atom. The highest BCUT2D eigenvalue weighted by Crippen LogP contribution is 2.44. The normalized spacial score (nSPS) is 19.4. The summed E-state index contributed by atoms with van der Waals surface area (Å²) in [6.07, 6.45) is 22.7. The Morgan fingerprint density at radius 2 is 1.52 bits per heavy atom. The number of rotatable bonds is 24. The van der Waals surface area contributed by atoms with Gasteiger partial charge in [-0.3, -0.25) is 24.4 Å². The first-order chi connectivity index (χ1) is 35.4. The van der Waals surface area contributed by atoms with Gasteiger partial charge in [0, 0.05) is 55.2 Å². The largest absolute Gasteiger partial charge is 0.461 e. The third-order valence-electron chi connectivity index (χ3n) is 15.1. The van der Waals surface area contributed by atoms with Crippen molar-refractivity contribution < 1.29 is 50.9 Å². The van der Waals surface area contributed by atoms with Crippen molar-refractivity contribution in [1.82, 2.24) is 24.8 Å². The number of piperazine rings is 1. The Kier molecular flexibility index (Phi) is 18.1. The molecule has 2 bridgehead atoms. The molecule has 392 valence electrons.